The third-order valence-corrected chi connectivity index (χ3v) is 3.09. The number of alkyl halides is 3. The molecule has 2 rings (SSSR count). The van der Waals surface area contributed by atoms with Crippen LogP contribution in [0, 0.1) is 13.8 Å². The van der Waals surface area contributed by atoms with Crippen molar-refractivity contribution in [3.05, 3.63) is 59.2 Å². The molecule has 0 bridgehead atoms. The first kappa shape index (κ1) is 15.9. The summed E-state index contributed by atoms with van der Waals surface area (Å²) in [6, 6.07) is 9.46. The minimum atomic E-state index is -4.44. The topological polar surface area (TPSA) is 41.1 Å². The molecule has 2 N–H and O–H groups in total. The molecule has 22 heavy (non-hydrogen) atoms. The minimum absolute atomic E-state index is 0.0811. The fourth-order valence-electron chi connectivity index (χ4n) is 1.93. The molecule has 2 aromatic carbocycles. The van der Waals surface area contributed by atoms with Crippen LogP contribution in [0.4, 0.5) is 29.3 Å². The van der Waals surface area contributed by atoms with Crippen molar-refractivity contribution >= 4 is 17.4 Å². The van der Waals surface area contributed by atoms with Gasteiger partial charge < -0.3 is 10.6 Å². The number of rotatable bonds is 2. The summed E-state index contributed by atoms with van der Waals surface area (Å²) in [4.78, 5) is 11.9. The van der Waals surface area contributed by atoms with Gasteiger partial charge in [-0.05, 0) is 49.2 Å². The summed E-state index contributed by atoms with van der Waals surface area (Å²) >= 11 is 0. The van der Waals surface area contributed by atoms with Gasteiger partial charge in [-0.1, -0.05) is 18.2 Å². The van der Waals surface area contributed by atoms with Crippen LogP contribution in [-0.2, 0) is 6.18 Å². The molecular weight excluding hydrogens is 293 g/mol. The monoisotopic (exact) mass is 308 g/mol. The Balaban J connectivity index is 2.11. The van der Waals surface area contributed by atoms with Crippen molar-refractivity contribution < 1.29 is 18.0 Å². The SMILES string of the molecule is Cc1ccc(C)c(NC(=O)Nc2cccc(C(F)(F)F)c2)c1. The number of hydrogen-bond acceptors (Lipinski definition) is 1. The van der Waals surface area contributed by atoms with E-state index in [1.807, 2.05) is 26.0 Å². The van der Waals surface area contributed by atoms with Gasteiger partial charge in [0.1, 0.15) is 0 Å². The van der Waals surface area contributed by atoms with E-state index in [1.54, 1.807) is 6.07 Å². The summed E-state index contributed by atoms with van der Waals surface area (Å²) in [7, 11) is 0. The molecule has 0 unspecified atom stereocenters. The van der Waals surface area contributed by atoms with Gasteiger partial charge in [-0.15, -0.1) is 0 Å². The van der Waals surface area contributed by atoms with Crippen molar-refractivity contribution in [2.75, 3.05) is 10.6 Å². The second kappa shape index (κ2) is 6.09. The zero-order chi connectivity index (χ0) is 16.3. The van der Waals surface area contributed by atoms with Crippen molar-refractivity contribution in [2.24, 2.45) is 0 Å². The van der Waals surface area contributed by atoms with Crippen LogP contribution in [0.3, 0.4) is 0 Å². The van der Waals surface area contributed by atoms with E-state index in [1.165, 1.54) is 12.1 Å². The van der Waals surface area contributed by atoms with Gasteiger partial charge >= 0.3 is 12.2 Å². The fraction of sp³-hybridized carbons (Fsp3) is 0.188. The smallest absolute Gasteiger partial charge is 0.308 e. The fourth-order valence-corrected chi connectivity index (χ4v) is 1.93. The normalized spacial score (nSPS) is 11.1. The molecule has 0 aromatic heterocycles. The van der Waals surface area contributed by atoms with Crippen molar-refractivity contribution in [3.8, 4) is 0 Å². The standard InChI is InChI=1S/C16H15F3N2O/c1-10-6-7-11(2)14(8-10)21-15(22)20-13-5-3-4-12(9-13)16(17,18)19/h3-9H,1-2H3,(H2,20,21,22). The summed E-state index contributed by atoms with van der Waals surface area (Å²) in [6.07, 6.45) is -4.44. The third-order valence-electron chi connectivity index (χ3n) is 3.09. The van der Waals surface area contributed by atoms with Gasteiger partial charge in [-0.25, -0.2) is 4.79 Å². The van der Waals surface area contributed by atoms with Crippen LogP contribution in [0.5, 0.6) is 0 Å². The second-order valence-corrected chi connectivity index (χ2v) is 4.98. The first-order valence-corrected chi connectivity index (χ1v) is 6.58. The van der Waals surface area contributed by atoms with Crippen LogP contribution in [0.2, 0.25) is 0 Å². The van der Waals surface area contributed by atoms with E-state index >= 15 is 0 Å². The van der Waals surface area contributed by atoms with E-state index in [0.29, 0.717) is 5.69 Å². The van der Waals surface area contributed by atoms with Crippen LogP contribution in [0.1, 0.15) is 16.7 Å². The first-order chi connectivity index (χ1) is 10.3. The maximum Gasteiger partial charge on any atom is 0.416 e. The predicted molar refractivity (Wildman–Crippen MR) is 80.0 cm³/mol. The van der Waals surface area contributed by atoms with Crippen LogP contribution in [0.25, 0.3) is 0 Å². The summed E-state index contributed by atoms with van der Waals surface area (Å²) in [5.41, 5.74) is 1.73. The highest BCUT2D eigenvalue weighted by atomic mass is 19.4. The molecule has 2 amide bonds. The number of urea groups is 1. The van der Waals surface area contributed by atoms with E-state index in [-0.39, 0.29) is 5.69 Å². The molecular formula is C16H15F3N2O. The minimum Gasteiger partial charge on any atom is -0.308 e. The van der Waals surface area contributed by atoms with Crippen molar-refractivity contribution in [2.45, 2.75) is 20.0 Å². The summed E-state index contributed by atoms with van der Waals surface area (Å²) in [5, 5.41) is 5.03. The number of halogens is 3. The zero-order valence-corrected chi connectivity index (χ0v) is 12.1. The zero-order valence-electron chi connectivity index (χ0n) is 12.1. The quantitative estimate of drug-likeness (QED) is 0.808. The molecule has 0 radical (unpaired) electrons. The van der Waals surface area contributed by atoms with Gasteiger partial charge in [-0.2, -0.15) is 13.2 Å². The van der Waals surface area contributed by atoms with E-state index in [2.05, 4.69) is 10.6 Å². The molecule has 2 aromatic rings. The Labute approximate surface area is 126 Å². The highest BCUT2D eigenvalue weighted by molar-refractivity contribution is 6.00. The number of carbonyl (C=O) groups excluding carboxylic acids is 1. The number of carbonyl (C=O) groups is 1. The predicted octanol–water partition coefficient (Wildman–Crippen LogP) is 4.97. The van der Waals surface area contributed by atoms with Gasteiger partial charge in [0.15, 0.2) is 0 Å². The Morgan fingerprint density at radius 3 is 2.41 bits per heavy atom. The number of amides is 2. The molecule has 0 saturated heterocycles. The molecule has 6 heteroatoms. The maximum atomic E-state index is 12.6. The first-order valence-electron chi connectivity index (χ1n) is 6.58. The Bertz CT molecular complexity index is 696. The van der Waals surface area contributed by atoms with Gasteiger partial charge in [0.25, 0.3) is 0 Å². The third kappa shape index (κ3) is 4.00. The summed E-state index contributed by atoms with van der Waals surface area (Å²) in [6.45, 7) is 3.72. The second-order valence-electron chi connectivity index (χ2n) is 4.98. The number of benzene rings is 2. The Morgan fingerprint density at radius 1 is 1.00 bits per heavy atom. The average molecular weight is 308 g/mol. The van der Waals surface area contributed by atoms with E-state index in [0.717, 1.165) is 23.3 Å². The van der Waals surface area contributed by atoms with Crippen molar-refractivity contribution in [3.63, 3.8) is 0 Å². The Morgan fingerprint density at radius 2 is 1.73 bits per heavy atom. The van der Waals surface area contributed by atoms with Gasteiger partial charge in [-0.3, -0.25) is 0 Å². The molecule has 116 valence electrons. The number of hydrogen-bond donors (Lipinski definition) is 2. The lowest BCUT2D eigenvalue weighted by atomic mass is 10.1. The molecule has 0 saturated carbocycles. The highest BCUT2D eigenvalue weighted by Crippen LogP contribution is 2.30. The number of anilines is 2. The molecule has 3 nitrogen and oxygen atoms in total. The van der Waals surface area contributed by atoms with E-state index < -0.39 is 17.8 Å². The molecule has 0 fully saturated rings. The summed E-state index contributed by atoms with van der Waals surface area (Å²) in [5.74, 6) is 0. The van der Waals surface area contributed by atoms with E-state index in [9.17, 15) is 18.0 Å². The van der Waals surface area contributed by atoms with Crippen molar-refractivity contribution in [1.82, 2.24) is 0 Å². The Kier molecular flexibility index (Phi) is 4.40. The maximum absolute atomic E-state index is 12.6. The lowest BCUT2D eigenvalue weighted by molar-refractivity contribution is -0.137. The molecule has 0 heterocycles. The van der Waals surface area contributed by atoms with Gasteiger partial charge in [0.05, 0.1) is 5.56 Å². The molecule has 0 aliphatic carbocycles. The van der Waals surface area contributed by atoms with Gasteiger partial charge in [0, 0.05) is 11.4 Å². The molecule has 0 aliphatic heterocycles. The lowest BCUT2D eigenvalue weighted by Crippen LogP contribution is -2.20. The molecule has 0 atom stereocenters. The highest BCUT2D eigenvalue weighted by Gasteiger charge is 2.30. The summed E-state index contributed by atoms with van der Waals surface area (Å²) < 4.78 is 37.9. The van der Waals surface area contributed by atoms with Crippen LogP contribution in [-0.4, -0.2) is 6.03 Å². The molecule has 0 spiro atoms. The van der Waals surface area contributed by atoms with Crippen LogP contribution in [0.15, 0.2) is 42.5 Å². The van der Waals surface area contributed by atoms with Crippen molar-refractivity contribution in [1.29, 1.82) is 0 Å². The number of aryl methyl sites for hydroxylation is 2. The average Bonchev–Trinajstić information content (AvgIpc) is 2.42. The lowest BCUT2D eigenvalue weighted by Gasteiger charge is -2.12. The largest absolute Gasteiger partial charge is 0.416 e. The van der Waals surface area contributed by atoms with E-state index in [4.69, 9.17) is 0 Å². The van der Waals surface area contributed by atoms with Crippen LogP contribution < -0.4 is 10.6 Å². The number of nitrogens with one attached hydrogen (secondary N) is 2. The Hall–Kier alpha value is -2.50. The molecule has 0 aliphatic rings. The van der Waals surface area contributed by atoms with Gasteiger partial charge in [0.2, 0.25) is 0 Å². The van der Waals surface area contributed by atoms with Crippen LogP contribution >= 0.6 is 0 Å².